The van der Waals surface area contributed by atoms with Crippen molar-refractivity contribution in [3.05, 3.63) is 53.4 Å². The highest BCUT2D eigenvalue weighted by Crippen LogP contribution is 2.22. The molecule has 5 nitrogen and oxygen atoms in total. The third-order valence-electron chi connectivity index (χ3n) is 2.76. The molecule has 3 aromatic rings. The highest BCUT2D eigenvalue weighted by atomic mass is 32.2. The molecule has 0 bridgehead atoms. The smallest absolute Gasteiger partial charge is 0.191 e. The van der Waals surface area contributed by atoms with Gasteiger partial charge in [-0.15, -0.1) is 11.3 Å². The molecule has 0 atom stereocenters. The van der Waals surface area contributed by atoms with Crippen LogP contribution in [0, 0.1) is 5.82 Å². The Morgan fingerprint density at radius 1 is 1.24 bits per heavy atom. The van der Waals surface area contributed by atoms with Crippen LogP contribution in [0.5, 0.6) is 0 Å². The quantitative estimate of drug-likeness (QED) is 0.801. The van der Waals surface area contributed by atoms with Crippen LogP contribution in [-0.2, 0) is 15.6 Å². The zero-order valence-corrected chi connectivity index (χ0v) is 12.3. The number of rotatable bonds is 4. The predicted octanol–water partition coefficient (Wildman–Crippen LogP) is 2.65. The molecule has 0 radical (unpaired) electrons. The average molecular weight is 323 g/mol. The molecular formula is C13H10FN3O2S2. The number of hydrogen-bond acceptors (Lipinski definition) is 5. The van der Waals surface area contributed by atoms with E-state index >= 15 is 0 Å². The van der Waals surface area contributed by atoms with Gasteiger partial charge in [-0.1, -0.05) is 12.1 Å². The summed E-state index contributed by atoms with van der Waals surface area (Å²) in [7, 11) is -3.66. The van der Waals surface area contributed by atoms with Gasteiger partial charge in [-0.3, -0.25) is 5.10 Å². The second-order valence-corrected chi connectivity index (χ2v) is 7.24. The Morgan fingerprint density at radius 2 is 2.10 bits per heavy atom. The Morgan fingerprint density at radius 3 is 2.81 bits per heavy atom. The third-order valence-corrected chi connectivity index (χ3v) is 5.25. The number of sulfone groups is 1. The first-order valence-corrected chi connectivity index (χ1v) is 8.51. The largest absolute Gasteiger partial charge is 0.262 e. The predicted molar refractivity (Wildman–Crippen MR) is 77.0 cm³/mol. The Bertz CT molecular complexity index is 857. The molecule has 0 amide bonds. The van der Waals surface area contributed by atoms with E-state index in [0.717, 1.165) is 10.9 Å². The van der Waals surface area contributed by atoms with Gasteiger partial charge in [0.25, 0.3) is 0 Å². The number of hydrogen-bond donors (Lipinski definition) is 1. The van der Waals surface area contributed by atoms with Crippen LogP contribution in [0.25, 0.3) is 10.7 Å². The average Bonchev–Trinajstić information content (AvgIpc) is 3.08. The number of benzene rings is 1. The van der Waals surface area contributed by atoms with Gasteiger partial charge in [-0.25, -0.2) is 17.8 Å². The van der Waals surface area contributed by atoms with Crippen LogP contribution in [0.2, 0.25) is 0 Å². The minimum absolute atomic E-state index is 0.0726. The van der Waals surface area contributed by atoms with Crippen LogP contribution in [0.1, 0.15) is 5.82 Å². The van der Waals surface area contributed by atoms with E-state index in [9.17, 15) is 12.8 Å². The molecule has 2 aromatic heterocycles. The minimum Gasteiger partial charge on any atom is -0.262 e. The van der Waals surface area contributed by atoms with E-state index in [4.69, 9.17) is 0 Å². The van der Waals surface area contributed by atoms with Crippen molar-refractivity contribution in [2.75, 3.05) is 0 Å². The summed E-state index contributed by atoms with van der Waals surface area (Å²) in [6, 6.07) is 8.61. The molecule has 2 heterocycles. The number of thiophene rings is 1. The summed E-state index contributed by atoms with van der Waals surface area (Å²) < 4.78 is 37.5. The lowest BCUT2D eigenvalue weighted by Gasteiger charge is -2.01. The highest BCUT2D eigenvalue weighted by Gasteiger charge is 2.19. The van der Waals surface area contributed by atoms with Crippen LogP contribution in [0.15, 0.2) is 46.7 Å². The molecule has 3 rings (SSSR count). The molecule has 8 heteroatoms. The van der Waals surface area contributed by atoms with Crippen molar-refractivity contribution < 1.29 is 12.8 Å². The van der Waals surface area contributed by atoms with Gasteiger partial charge in [0.15, 0.2) is 15.7 Å². The first kappa shape index (κ1) is 13.9. The number of H-pyrrole nitrogens is 1. The normalized spacial score (nSPS) is 11.7. The second-order valence-electron chi connectivity index (χ2n) is 4.30. The maximum Gasteiger partial charge on any atom is 0.191 e. The molecule has 0 aliphatic rings. The van der Waals surface area contributed by atoms with E-state index < -0.39 is 15.7 Å². The summed E-state index contributed by atoms with van der Waals surface area (Å²) in [4.78, 5) is 4.93. The van der Waals surface area contributed by atoms with Gasteiger partial charge in [0, 0.05) is 0 Å². The van der Waals surface area contributed by atoms with E-state index in [1.54, 1.807) is 0 Å². The topological polar surface area (TPSA) is 75.7 Å². The number of aromatic nitrogens is 3. The van der Waals surface area contributed by atoms with Gasteiger partial charge in [0.1, 0.15) is 17.4 Å². The summed E-state index contributed by atoms with van der Waals surface area (Å²) >= 11 is 1.46. The summed E-state index contributed by atoms with van der Waals surface area (Å²) in [5, 5.41) is 8.48. The third kappa shape index (κ3) is 3.01. The molecule has 1 aromatic carbocycles. The Labute approximate surface area is 124 Å². The van der Waals surface area contributed by atoms with Gasteiger partial charge in [0.2, 0.25) is 0 Å². The summed E-state index contributed by atoms with van der Waals surface area (Å²) in [5.41, 5.74) is 0. The van der Waals surface area contributed by atoms with Gasteiger partial charge >= 0.3 is 0 Å². The second kappa shape index (κ2) is 5.38. The fourth-order valence-corrected chi connectivity index (χ4v) is 3.69. The summed E-state index contributed by atoms with van der Waals surface area (Å²) in [5.74, 6) is -0.264. The first-order chi connectivity index (χ1) is 10.0. The maximum absolute atomic E-state index is 13.1. The van der Waals surface area contributed by atoms with Crippen LogP contribution in [0.4, 0.5) is 4.39 Å². The number of nitrogens with zero attached hydrogens (tertiary/aromatic N) is 2. The Hall–Kier alpha value is -2.06. The van der Waals surface area contributed by atoms with Gasteiger partial charge in [0.05, 0.1) is 9.77 Å². The van der Waals surface area contributed by atoms with E-state index in [2.05, 4.69) is 15.2 Å². The van der Waals surface area contributed by atoms with Crippen molar-refractivity contribution in [2.24, 2.45) is 0 Å². The lowest BCUT2D eigenvalue weighted by molar-refractivity contribution is 0.589. The molecular weight excluding hydrogens is 313 g/mol. The zero-order valence-electron chi connectivity index (χ0n) is 10.7. The lowest BCUT2D eigenvalue weighted by atomic mass is 10.4. The SMILES string of the molecule is O=S(=O)(Cc1nc(-c2cccs2)n[nH]1)c1cccc(F)c1. The van der Waals surface area contributed by atoms with Crippen LogP contribution in [0.3, 0.4) is 0 Å². The van der Waals surface area contributed by atoms with Crippen molar-refractivity contribution in [3.8, 4) is 10.7 Å². The van der Waals surface area contributed by atoms with Gasteiger partial charge < -0.3 is 0 Å². The molecule has 0 aliphatic carbocycles. The van der Waals surface area contributed by atoms with E-state index in [1.165, 1.54) is 29.5 Å². The molecule has 0 aliphatic heterocycles. The summed E-state index contributed by atoms with van der Waals surface area (Å²) in [6.45, 7) is 0. The monoisotopic (exact) mass is 323 g/mol. The maximum atomic E-state index is 13.1. The first-order valence-electron chi connectivity index (χ1n) is 5.98. The van der Waals surface area contributed by atoms with Crippen molar-refractivity contribution >= 4 is 21.2 Å². The Balaban J connectivity index is 1.86. The lowest BCUT2D eigenvalue weighted by Crippen LogP contribution is -2.06. The summed E-state index contributed by atoms with van der Waals surface area (Å²) in [6.07, 6.45) is 0. The van der Waals surface area contributed by atoms with E-state index in [-0.39, 0.29) is 16.5 Å². The fourth-order valence-electron chi connectivity index (χ4n) is 1.80. The standard InChI is InChI=1S/C13H10FN3O2S2/c14-9-3-1-4-10(7-9)21(18,19)8-12-15-13(17-16-12)11-5-2-6-20-11/h1-7H,8H2,(H,15,16,17). The number of halogens is 1. The molecule has 0 fully saturated rings. The van der Waals surface area contributed by atoms with Gasteiger partial charge in [-0.05, 0) is 29.6 Å². The molecule has 1 N–H and O–H groups in total. The number of aromatic amines is 1. The number of nitrogens with one attached hydrogen (secondary N) is 1. The van der Waals surface area contributed by atoms with Crippen LogP contribution >= 0.6 is 11.3 Å². The molecule has 0 spiro atoms. The molecule has 0 saturated carbocycles. The zero-order chi connectivity index (χ0) is 14.9. The minimum atomic E-state index is -3.66. The molecule has 0 unspecified atom stereocenters. The van der Waals surface area contributed by atoms with Crippen LogP contribution in [-0.4, -0.2) is 23.6 Å². The van der Waals surface area contributed by atoms with Gasteiger partial charge in [-0.2, -0.15) is 5.10 Å². The molecule has 0 saturated heterocycles. The molecule has 108 valence electrons. The van der Waals surface area contributed by atoms with Crippen molar-refractivity contribution in [2.45, 2.75) is 10.6 Å². The van der Waals surface area contributed by atoms with Crippen molar-refractivity contribution in [3.63, 3.8) is 0 Å². The van der Waals surface area contributed by atoms with Crippen molar-refractivity contribution in [1.82, 2.24) is 15.2 Å². The van der Waals surface area contributed by atoms with Crippen LogP contribution < -0.4 is 0 Å². The molecule has 21 heavy (non-hydrogen) atoms. The van der Waals surface area contributed by atoms with E-state index in [0.29, 0.717) is 5.82 Å². The van der Waals surface area contributed by atoms with Crippen molar-refractivity contribution in [1.29, 1.82) is 0 Å². The van der Waals surface area contributed by atoms with E-state index in [1.807, 2.05) is 17.5 Å². The highest BCUT2D eigenvalue weighted by molar-refractivity contribution is 7.90. The fraction of sp³-hybridized carbons (Fsp3) is 0.0769. The Kier molecular flexibility index (Phi) is 3.56.